The summed E-state index contributed by atoms with van der Waals surface area (Å²) in [5.41, 5.74) is 3.18. The topological polar surface area (TPSA) is 0 Å². The Kier molecular flexibility index (Phi) is 0.993. The van der Waals surface area contributed by atoms with Gasteiger partial charge in [-0.05, 0) is 42.2 Å². The molecule has 0 nitrogen and oxygen atoms in total. The van der Waals surface area contributed by atoms with Crippen molar-refractivity contribution in [1.29, 1.82) is 0 Å². The zero-order chi connectivity index (χ0) is 7.26. The van der Waals surface area contributed by atoms with Gasteiger partial charge in [0, 0.05) is 0 Å². The Balaban J connectivity index is 2.08. The van der Waals surface area contributed by atoms with Crippen molar-refractivity contribution in [3.8, 4) is 0 Å². The lowest BCUT2D eigenvalue weighted by atomic mass is 9.65. The molecule has 0 aliphatic heterocycles. The van der Waals surface area contributed by atoms with Crippen molar-refractivity contribution in [2.24, 2.45) is 11.8 Å². The third kappa shape index (κ3) is 0.649. The Bertz CT molecular complexity index is 278. The molecule has 56 valence electrons. The van der Waals surface area contributed by atoms with E-state index in [1.54, 1.807) is 5.57 Å². The van der Waals surface area contributed by atoms with Crippen LogP contribution < -0.4 is 0 Å². The average Bonchev–Trinajstić information content (AvgIpc) is 2.34. The second-order valence-corrected chi connectivity index (χ2v) is 3.76. The maximum absolute atomic E-state index is 2.41. The molecule has 2 atom stereocenters. The van der Waals surface area contributed by atoms with Crippen molar-refractivity contribution < 1.29 is 0 Å². The highest BCUT2D eigenvalue weighted by atomic mass is 14.4. The molecule has 1 fully saturated rings. The fraction of sp³-hybridized carbons (Fsp3) is 0.455. The summed E-state index contributed by atoms with van der Waals surface area (Å²) >= 11 is 0. The van der Waals surface area contributed by atoms with Crippen LogP contribution >= 0.6 is 0 Å². The van der Waals surface area contributed by atoms with Gasteiger partial charge in [-0.3, -0.25) is 0 Å². The number of hydrogen-bond donors (Lipinski definition) is 0. The van der Waals surface area contributed by atoms with Crippen LogP contribution in [0.15, 0.2) is 35.5 Å². The van der Waals surface area contributed by atoms with E-state index >= 15 is 0 Å². The summed E-state index contributed by atoms with van der Waals surface area (Å²) in [4.78, 5) is 0. The monoisotopic (exact) mass is 144 g/mol. The van der Waals surface area contributed by atoms with Crippen LogP contribution in [0.2, 0.25) is 0 Å². The van der Waals surface area contributed by atoms with Crippen LogP contribution in [0.25, 0.3) is 0 Å². The molecule has 3 aliphatic rings. The van der Waals surface area contributed by atoms with Gasteiger partial charge >= 0.3 is 0 Å². The van der Waals surface area contributed by atoms with Gasteiger partial charge in [-0.1, -0.05) is 24.3 Å². The summed E-state index contributed by atoms with van der Waals surface area (Å²) in [6, 6.07) is 0. The van der Waals surface area contributed by atoms with Gasteiger partial charge in [0.15, 0.2) is 0 Å². The van der Waals surface area contributed by atoms with Crippen molar-refractivity contribution in [3.63, 3.8) is 0 Å². The molecule has 0 radical (unpaired) electrons. The number of rotatable bonds is 0. The van der Waals surface area contributed by atoms with Gasteiger partial charge in [0.05, 0.1) is 0 Å². The predicted octanol–water partition coefficient (Wildman–Crippen LogP) is 2.84. The molecule has 0 N–H and O–H groups in total. The van der Waals surface area contributed by atoms with Crippen molar-refractivity contribution in [1.82, 2.24) is 0 Å². The minimum atomic E-state index is 0.900. The molecule has 0 bridgehead atoms. The van der Waals surface area contributed by atoms with Crippen molar-refractivity contribution in [2.45, 2.75) is 19.3 Å². The molecule has 0 saturated heterocycles. The fourth-order valence-electron chi connectivity index (χ4n) is 2.45. The second-order valence-electron chi connectivity index (χ2n) is 3.76. The average molecular weight is 144 g/mol. The molecule has 1 saturated carbocycles. The summed E-state index contributed by atoms with van der Waals surface area (Å²) < 4.78 is 0. The highest BCUT2D eigenvalue weighted by Gasteiger charge is 2.35. The van der Waals surface area contributed by atoms with E-state index < -0.39 is 0 Å². The van der Waals surface area contributed by atoms with Crippen molar-refractivity contribution in [2.75, 3.05) is 0 Å². The van der Waals surface area contributed by atoms with E-state index in [1.165, 1.54) is 24.8 Å². The Morgan fingerprint density at radius 1 is 1.18 bits per heavy atom. The standard InChI is InChI=1S/C11H12/c1-2-8-4-5-9-6-7-11(9)10(8)3-1/h2-5,9,11H,1,6-7H2. The third-order valence-corrected chi connectivity index (χ3v) is 3.26. The predicted molar refractivity (Wildman–Crippen MR) is 46.1 cm³/mol. The Labute approximate surface area is 67.3 Å². The van der Waals surface area contributed by atoms with Gasteiger partial charge in [-0.25, -0.2) is 0 Å². The summed E-state index contributed by atoms with van der Waals surface area (Å²) in [5.74, 6) is 1.81. The Hall–Kier alpha value is -0.780. The normalized spacial score (nSPS) is 38.5. The molecule has 0 aromatic carbocycles. The Morgan fingerprint density at radius 3 is 3.00 bits per heavy atom. The first kappa shape index (κ1) is 5.82. The third-order valence-electron chi connectivity index (χ3n) is 3.26. The largest absolute Gasteiger partial charge is 0.0802 e. The van der Waals surface area contributed by atoms with Crippen LogP contribution in [0.3, 0.4) is 0 Å². The number of fused-ring (bicyclic) bond motifs is 3. The van der Waals surface area contributed by atoms with Crippen LogP contribution in [0.4, 0.5) is 0 Å². The molecule has 3 aliphatic carbocycles. The van der Waals surface area contributed by atoms with Gasteiger partial charge in [0.1, 0.15) is 0 Å². The molecule has 0 heteroatoms. The fourth-order valence-corrected chi connectivity index (χ4v) is 2.45. The van der Waals surface area contributed by atoms with Crippen LogP contribution in [-0.2, 0) is 0 Å². The van der Waals surface area contributed by atoms with Crippen LogP contribution in [0, 0.1) is 11.8 Å². The minimum Gasteiger partial charge on any atom is -0.0802 e. The van der Waals surface area contributed by atoms with E-state index in [4.69, 9.17) is 0 Å². The van der Waals surface area contributed by atoms with E-state index in [0.717, 1.165) is 11.8 Å². The number of hydrogen-bond acceptors (Lipinski definition) is 0. The summed E-state index contributed by atoms with van der Waals surface area (Å²) in [6.45, 7) is 0. The van der Waals surface area contributed by atoms with E-state index in [-0.39, 0.29) is 0 Å². The molecule has 0 aromatic heterocycles. The lowest BCUT2D eigenvalue weighted by Gasteiger charge is -2.39. The minimum absolute atomic E-state index is 0.900. The van der Waals surface area contributed by atoms with E-state index in [1.807, 2.05) is 0 Å². The summed E-state index contributed by atoms with van der Waals surface area (Å²) in [6.07, 6.45) is 13.5. The smallest absolute Gasteiger partial charge is 0.00959 e. The van der Waals surface area contributed by atoms with Crippen LogP contribution in [0.1, 0.15) is 19.3 Å². The van der Waals surface area contributed by atoms with Gasteiger partial charge in [-0.2, -0.15) is 0 Å². The van der Waals surface area contributed by atoms with Crippen molar-refractivity contribution in [3.05, 3.63) is 35.5 Å². The number of allylic oxidation sites excluding steroid dienone is 6. The molecule has 2 unspecified atom stereocenters. The highest BCUT2D eigenvalue weighted by molar-refractivity contribution is 5.50. The lowest BCUT2D eigenvalue weighted by Crippen LogP contribution is -2.28. The van der Waals surface area contributed by atoms with E-state index in [2.05, 4.69) is 24.3 Å². The molecule has 0 aromatic rings. The molecule has 0 heterocycles. The summed E-state index contributed by atoms with van der Waals surface area (Å²) in [7, 11) is 0. The summed E-state index contributed by atoms with van der Waals surface area (Å²) in [5, 5.41) is 0. The SMILES string of the molecule is C1=CC2CCC2C2=CCC=C12. The first-order chi connectivity index (χ1) is 5.45. The van der Waals surface area contributed by atoms with Crippen LogP contribution in [0.5, 0.6) is 0 Å². The second kappa shape index (κ2) is 1.88. The van der Waals surface area contributed by atoms with Crippen molar-refractivity contribution >= 4 is 0 Å². The molecule has 11 heavy (non-hydrogen) atoms. The van der Waals surface area contributed by atoms with Gasteiger partial charge in [0.2, 0.25) is 0 Å². The highest BCUT2D eigenvalue weighted by Crippen LogP contribution is 2.48. The quantitative estimate of drug-likeness (QED) is 0.490. The first-order valence-corrected chi connectivity index (χ1v) is 4.54. The molecule has 0 spiro atoms. The molecule has 0 amide bonds. The maximum atomic E-state index is 2.41. The van der Waals surface area contributed by atoms with E-state index in [9.17, 15) is 0 Å². The molecular formula is C11H12. The van der Waals surface area contributed by atoms with Gasteiger partial charge in [-0.15, -0.1) is 0 Å². The maximum Gasteiger partial charge on any atom is -0.00959 e. The zero-order valence-electron chi connectivity index (χ0n) is 6.59. The first-order valence-electron chi connectivity index (χ1n) is 4.54. The van der Waals surface area contributed by atoms with Gasteiger partial charge in [0.25, 0.3) is 0 Å². The zero-order valence-corrected chi connectivity index (χ0v) is 6.59. The van der Waals surface area contributed by atoms with Crippen LogP contribution in [-0.4, -0.2) is 0 Å². The molecule has 3 rings (SSSR count). The molecular weight excluding hydrogens is 132 g/mol. The van der Waals surface area contributed by atoms with Gasteiger partial charge < -0.3 is 0 Å². The van der Waals surface area contributed by atoms with E-state index in [0.29, 0.717) is 0 Å². The Morgan fingerprint density at radius 2 is 2.18 bits per heavy atom. The lowest BCUT2D eigenvalue weighted by molar-refractivity contribution is 0.269.